The number of aliphatic hydroxyl groups excluding tert-OH is 2. The van der Waals surface area contributed by atoms with Crippen LogP contribution in [0.1, 0.15) is 64.6 Å². The van der Waals surface area contributed by atoms with Gasteiger partial charge in [-0.05, 0) is 69.6 Å². The number of imidazole rings is 1. The molecule has 1 unspecified atom stereocenters. The van der Waals surface area contributed by atoms with E-state index in [9.17, 15) is 44.1 Å². The van der Waals surface area contributed by atoms with Crippen LogP contribution in [0.2, 0.25) is 0 Å². The molecule has 0 radical (unpaired) electrons. The van der Waals surface area contributed by atoms with Gasteiger partial charge in [0.25, 0.3) is 0 Å². The number of aromatic nitrogens is 2. The summed E-state index contributed by atoms with van der Waals surface area (Å²) in [4.78, 5) is 90.8. The number of nitrogens with two attached hydrogens (primary N) is 1. The van der Waals surface area contributed by atoms with Crippen LogP contribution in [0.25, 0.3) is 0 Å². The summed E-state index contributed by atoms with van der Waals surface area (Å²) in [5.74, 6) is -3.89. The van der Waals surface area contributed by atoms with Gasteiger partial charge in [0.2, 0.25) is 35.4 Å². The van der Waals surface area contributed by atoms with Crippen LogP contribution in [0.4, 0.5) is 0 Å². The number of likely N-dealkylation sites (tertiary alicyclic amines) is 2. The highest BCUT2D eigenvalue weighted by atomic mass is 16.3. The lowest BCUT2D eigenvalue weighted by Gasteiger charge is -2.32. The molecule has 2 aliphatic heterocycles. The van der Waals surface area contributed by atoms with E-state index in [1.54, 1.807) is 38.1 Å². The van der Waals surface area contributed by atoms with E-state index in [1.165, 1.54) is 29.2 Å². The van der Waals surface area contributed by atoms with E-state index in [2.05, 4.69) is 31.2 Å². The third-order valence-corrected chi connectivity index (χ3v) is 10.0. The number of amides is 6. The number of phenolic OH excluding ortho intramolecular Hbond substituents is 1. The Morgan fingerprint density at radius 2 is 1.44 bits per heavy atom. The summed E-state index contributed by atoms with van der Waals surface area (Å²) >= 11 is 0. The van der Waals surface area contributed by atoms with Crippen LogP contribution in [0.15, 0.2) is 36.8 Å². The van der Waals surface area contributed by atoms with E-state index in [-0.39, 0.29) is 37.1 Å². The fourth-order valence-electron chi connectivity index (χ4n) is 6.89. The van der Waals surface area contributed by atoms with E-state index < -0.39 is 84.4 Å². The second-order valence-electron chi connectivity index (χ2n) is 14.7. The Morgan fingerprint density at radius 1 is 0.836 bits per heavy atom. The molecule has 4 rings (SSSR count). The number of hydrogen-bond donors (Lipinski definition) is 9. The van der Waals surface area contributed by atoms with Crippen LogP contribution >= 0.6 is 0 Å². The molecule has 3 heterocycles. The van der Waals surface area contributed by atoms with Crippen molar-refractivity contribution in [3.05, 3.63) is 48.0 Å². The van der Waals surface area contributed by atoms with Gasteiger partial charge in [0.15, 0.2) is 0 Å². The van der Waals surface area contributed by atoms with Crippen molar-refractivity contribution in [2.24, 2.45) is 11.7 Å². The standard InChI is InChI=1S/C37H55N9O9/c1-20(2)31(37(55)46-14-6-7-28(46)33(51)41-21(3)15-23-9-11-25(49)12-10-23)44-32(50)26(16-24-17-39-19-40-24)42-34(52)29-8-5-13-45(29)36(54)27(18-47)43-35(53)30(38)22(4)48/h9-12,17,19-22,26-31,47-49H,5-8,13-16,18,38H2,1-4H3,(H,39,40)(H,41,51)(H,42,52)(H,43,53)(H,44,50)/t21-,22?,26+,27+,28+,29+,30+,31+/m1/s1. The molecule has 1 aromatic heterocycles. The largest absolute Gasteiger partial charge is 0.508 e. The molecule has 2 aromatic rings. The maximum Gasteiger partial charge on any atom is 0.248 e. The first-order valence-electron chi connectivity index (χ1n) is 18.7. The first kappa shape index (κ1) is 42.7. The molecule has 55 heavy (non-hydrogen) atoms. The van der Waals surface area contributed by atoms with Crippen molar-refractivity contribution in [3.63, 3.8) is 0 Å². The van der Waals surface area contributed by atoms with Gasteiger partial charge in [-0.3, -0.25) is 28.8 Å². The predicted octanol–water partition coefficient (Wildman–Crippen LogP) is -1.80. The topological polar surface area (TPSA) is 272 Å². The minimum absolute atomic E-state index is 0.0303. The number of rotatable bonds is 17. The Labute approximate surface area is 320 Å². The number of H-pyrrole nitrogens is 1. The summed E-state index contributed by atoms with van der Waals surface area (Å²) in [6.07, 6.45) is 3.91. The second-order valence-corrected chi connectivity index (χ2v) is 14.7. The minimum Gasteiger partial charge on any atom is -0.508 e. The molecule has 0 spiro atoms. The molecule has 302 valence electrons. The number of nitrogens with zero attached hydrogens (tertiary/aromatic N) is 3. The maximum atomic E-state index is 14.1. The highest BCUT2D eigenvalue weighted by Crippen LogP contribution is 2.22. The lowest BCUT2D eigenvalue weighted by molar-refractivity contribution is -0.144. The Hall–Kier alpha value is -5.07. The molecular formula is C37H55N9O9. The van der Waals surface area contributed by atoms with Crippen LogP contribution in [-0.2, 0) is 41.6 Å². The quantitative estimate of drug-likeness (QED) is 0.0866. The summed E-state index contributed by atoms with van der Waals surface area (Å²) in [6, 6.07) is -0.352. The van der Waals surface area contributed by atoms with E-state index in [1.807, 2.05) is 6.92 Å². The molecule has 10 N–H and O–H groups in total. The summed E-state index contributed by atoms with van der Waals surface area (Å²) in [5.41, 5.74) is 7.12. The SMILES string of the molecule is CC(O)[C@H](N)C(=O)N[C@@H](CO)C(=O)N1CCC[C@H]1C(=O)N[C@@H](Cc1cnc[nH]1)C(=O)N[C@H](C(=O)N1CCC[C@H]1C(=O)N[C@H](C)Cc1ccc(O)cc1)C(C)C. The lowest BCUT2D eigenvalue weighted by atomic mass is 10.0. The minimum atomic E-state index is -1.42. The Balaban J connectivity index is 1.45. The van der Waals surface area contributed by atoms with Crippen molar-refractivity contribution in [3.8, 4) is 5.75 Å². The Morgan fingerprint density at radius 3 is 1.98 bits per heavy atom. The third-order valence-electron chi connectivity index (χ3n) is 10.0. The molecule has 6 amide bonds. The molecule has 18 heteroatoms. The van der Waals surface area contributed by atoms with E-state index in [4.69, 9.17) is 5.73 Å². The molecule has 18 nitrogen and oxygen atoms in total. The van der Waals surface area contributed by atoms with Gasteiger partial charge >= 0.3 is 0 Å². The molecule has 1 aromatic carbocycles. The van der Waals surface area contributed by atoms with Crippen LogP contribution in [0.3, 0.4) is 0 Å². The highest BCUT2D eigenvalue weighted by molar-refractivity contribution is 5.97. The number of aromatic hydroxyl groups is 1. The van der Waals surface area contributed by atoms with Gasteiger partial charge in [-0.25, -0.2) is 4.98 Å². The first-order valence-corrected chi connectivity index (χ1v) is 18.7. The number of hydrogen-bond acceptors (Lipinski definition) is 11. The normalized spacial score (nSPS) is 20.2. The van der Waals surface area contributed by atoms with Gasteiger partial charge < -0.3 is 57.1 Å². The van der Waals surface area contributed by atoms with Crippen molar-refractivity contribution in [1.29, 1.82) is 0 Å². The number of benzene rings is 1. The zero-order valence-corrected chi connectivity index (χ0v) is 31.7. The number of carbonyl (C=O) groups excluding carboxylic acids is 6. The zero-order valence-electron chi connectivity index (χ0n) is 31.7. The van der Waals surface area contributed by atoms with Gasteiger partial charge in [-0.1, -0.05) is 26.0 Å². The first-order chi connectivity index (χ1) is 26.1. The fourth-order valence-corrected chi connectivity index (χ4v) is 6.89. The van der Waals surface area contributed by atoms with Crippen molar-refractivity contribution in [1.82, 2.24) is 41.0 Å². The average molecular weight is 770 g/mol. The number of aromatic amines is 1. The summed E-state index contributed by atoms with van der Waals surface area (Å²) in [7, 11) is 0. The molecular weight excluding hydrogens is 714 g/mol. The van der Waals surface area contributed by atoms with Gasteiger partial charge in [-0.15, -0.1) is 0 Å². The van der Waals surface area contributed by atoms with Crippen molar-refractivity contribution in [2.45, 2.75) is 115 Å². The molecule has 0 aliphatic carbocycles. The average Bonchev–Trinajstić information content (AvgIpc) is 3.95. The number of carbonyl (C=O) groups is 6. The highest BCUT2D eigenvalue weighted by Gasteiger charge is 2.42. The fraction of sp³-hybridized carbons (Fsp3) is 0.595. The van der Waals surface area contributed by atoms with Crippen LogP contribution < -0.4 is 27.0 Å². The van der Waals surface area contributed by atoms with Crippen molar-refractivity contribution < 1.29 is 44.1 Å². The van der Waals surface area contributed by atoms with E-state index in [0.29, 0.717) is 37.9 Å². The molecule has 2 fully saturated rings. The van der Waals surface area contributed by atoms with Crippen molar-refractivity contribution in [2.75, 3.05) is 19.7 Å². The summed E-state index contributed by atoms with van der Waals surface area (Å²) < 4.78 is 0. The number of aliphatic hydroxyl groups is 2. The van der Waals surface area contributed by atoms with Crippen LogP contribution in [0, 0.1) is 5.92 Å². The molecule has 8 atom stereocenters. The molecule has 0 saturated carbocycles. The number of nitrogens with one attached hydrogen (secondary N) is 5. The van der Waals surface area contributed by atoms with Crippen LogP contribution in [0.5, 0.6) is 5.75 Å². The zero-order chi connectivity index (χ0) is 40.4. The van der Waals surface area contributed by atoms with Crippen LogP contribution in [-0.4, -0.2) is 139 Å². The maximum absolute atomic E-state index is 14.1. The summed E-state index contributed by atoms with van der Waals surface area (Å²) in [6.45, 7) is 6.38. The van der Waals surface area contributed by atoms with E-state index >= 15 is 0 Å². The van der Waals surface area contributed by atoms with E-state index in [0.717, 1.165) is 5.56 Å². The predicted molar refractivity (Wildman–Crippen MR) is 199 cm³/mol. The Bertz CT molecular complexity index is 1640. The van der Waals surface area contributed by atoms with Gasteiger partial charge in [0, 0.05) is 37.4 Å². The smallest absolute Gasteiger partial charge is 0.248 e. The molecule has 2 saturated heterocycles. The van der Waals surface area contributed by atoms with Crippen molar-refractivity contribution >= 4 is 35.4 Å². The van der Waals surface area contributed by atoms with Gasteiger partial charge in [0.1, 0.15) is 42.0 Å². The van der Waals surface area contributed by atoms with Gasteiger partial charge in [-0.2, -0.15) is 0 Å². The molecule has 0 bridgehead atoms. The lowest BCUT2D eigenvalue weighted by Crippen LogP contribution is -2.61. The van der Waals surface area contributed by atoms with Gasteiger partial charge in [0.05, 0.1) is 19.0 Å². The summed E-state index contributed by atoms with van der Waals surface area (Å²) in [5, 5.41) is 40.0. The number of phenols is 1. The second kappa shape index (κ2) is 19.5. The monoisotopic (exact) mass is 769 g/mol. The molecule has 2 aliphatic rings. The third kappa shape index (κ3) is 11.2. The Kier molecular flexibility index (Phi) is 15.1.